The number of carbonyl (C=O) groups excluding carboxylic acids is 2. The van der Waals surface area contributed by atoms with Gasteiger partial charge in [0, 0.05) is 32.4 Å². The van der Waals surface area contributed by atoms with Crippen LogP contribution in [0.25, 0.3) is 0 Å². The van der Waals surface area contributed by atoms with Gasteiger partial charge in [-0.3, -0.25) is 14.4 Å². The highest BCUT2D eigenvalue weighted by Crippen LogP contribution is 2.32. The standard InChI is InChI=1S/C16H26N2O5S/c1-3-5-13(19)18-11-24-8-12(18)14(20)17-7-4-6-16(9-17,10-23-2)15(21)22/h12H,3-11H2,1-2H3,(H,21,22). The fourth-order valence-electron chi connectivity index (χ4n) is 3.41. The van der Waals surface area contributed by atoms with E-state index < -0.39 is 17.4 Å². The fraction of sp³-hybridized carbons (Fsp3) is 0.812. The van der Waals surface area contributed by atoms with E-state index in [0.29, 0.717) is 37.4 Å². The van der Waals surface area contributed by atoms with Crippen molar-refractivity contribution in [3.63, 3.8) is 0 Å². The predicted molar refractivity (Wildman–Crippen MR) is 90.6 cm³/mol. The van der Waals surface area contributed by atoms with E-state index in [-0.39, 0.29) is 25.0 Å². The van der Waals surface area contributed by atoms with Crippen molar-refractivity contribution < 1.29 is 24.2 Å². The van der Waals surface area contributed by atoms with Gasteiger partial charge in [-0.05, 0) is 19.3 Å². The zero-order valence-corrected chi connectivity index (χ0v) is 15.1. The van der Waals surface area contributed by atoms with Crippen molar-refractivity contribution in [2.24, 2.45) is 5.41 Å². The van der Waals surface area contributed by atoms with Crippen LogP contribution in [0.3, 0.4) is 0 Å². The number of hydrogen-bond donors (Lipinski definition) is 1. The summed E-state index contributed by atoms with van der Waals surface area (Å²) in [6, 6.07) is -0.471. The van der Waals surface area contributed by atoms with E-state index in [2.05, 4.69) is 0 Å². The third kappa shape index (κ3) is 3.85. The number of carbonyl (C=O) groups is 3. The summed E-state index contributed by atoms with van der Waals surface area (Å²) < 4.78 is 5.10. The molecule has 0 aromatic heterocycles. The number of nitrogens with zero attached hydrogens (tertiary/aromatic N) is 2. The molecule has 136 valence electrons. The summed E-state index contributed by atoms with van der Waals surface area (Å²) in [4.78, 5) is 40.1. The van der Waals surface area contributed by atoms with Gasteiger partial charge in [0.15, 0.2) is 0 Å². The molecule has 2 fully saturated rings. The van der Waals surface area contributed by atoms with E-state index in [9.17, 15) is 19.5 Å². The second-order valence-electron chi connectivity index (χ2n) is 6.51. The average molecular weight is 358 g/mol. The predicted octanol–water partition coefficient (Wildman–Crippen LogP) is 1.03. The molecule has 0 spiro atoms. The Labute approximate surface area is 146 Å². The van der Waals surface area contributed by atoms with Gasteiger partial charge >= 0.3 is 5.97 Å². The molecule has 2 rings (SSSR count). The Balaban J connectivity index is 2.10. The van der Waals surface area contributed by atoms with Crippen LogP contribution in [-0.2, 0) is 19.1 Å². The molecule has 0 radical (unpaired) electrons. The lowest BCUT2D eigenvalue weighted by atomic mass is 9.80. The van der Waals surface area contributed by atoms with Crippen molar-refractivity contribution >= 4 is 29.5 Å². The van der Waals surface area contributed by atoms with Gasteiger partial charge in [0.2, 0.25) is 11.8 Å². The maximum Gasteiger partial charge on any atom is 0.313 e. The van der Waals surface area contributed by atoms with Crippen molar-refractivity contribution in [3.8, 4) is 0 Å². The Morgan fingerprint density at radius 3 is 2.75 bits per heavy atom. The summed E-state index contributed by atoms with van der Waals surface area (Å²) in [6.07, 6.45) is 2.32. The molecule has 24 heavy (non-hydrogen) atoms. The molecule has 2 aliphatic rings. The highest BCUT2D eigenvalue weighted by Gasteiger charge is 2.46. The van der Waals surface area contributed by atoms with Crippen molar-refractivity contribution in [1.82, 2.24) is 9.80 Å². The van der Waals surface area contributed by atoms with Gasteiger partial charge in [-0.1, -0.05) is 6.92 Å². The van der Waals surface area contributed by atoms with E-state index in [1.54, 1.807) is 21.6 Å². The largest absolute Gasteiger partial charge is 0.481 e. The molecule has 2 saturated heterocycles. The molecule has 2 unspecified atom stereocenters. The van der Waals surface area contributed by atoms with Gasteiger partial charge in [-0.25, -0.2) is 0 Å². The minimum absolute atomic E-state index is 0.000696. The van der Waals surface area contributed by atoms with Crippen LogP contribution in [0.5, 0.6) is 0 Å². The number of ether oxygens (including phenoxy) is 1. The Kier molecular flexibility index (Phi) is 6.51. The second-order valence-corrected chi connectivity index (χ2v) is 7.51. The van der Waals surface area contributed by atoms with Gasteiger partial charge in [0.25, 0.3) is 0 Å². The summed E-state index contributed by atoms with van der Waals surface area (Å²) in [6.45, 7) is 2.71. The Hall–Kier alpha value is -1.28. The van der Waals surface area contributed by atoms with Crippen LogP contribution in [0.4, 0.5) is 0 Å². The fourth-order valence-corrected chi connectivity index (χ4v) is 4.58. The van der Waals surface area contributed by atoms with Crippen molar-refractivity contribution in [2.45, 2.75) is 38.6 Å². The van der Waals surface area contributed by atoms with Crippen LogP contribution in [0, 0.1) is 5.41 Å². The Morgan fingerprint density at radius 2 is 2.12 bits per heavy atom. The zero-order chi connectivity index (χ0) is 17.7. The molecule has 2 aliphatic heterocycles. The molecule has 0 saturated carbocycles. The molecular weight excluding hydrogens is 332 g/mol. The van der Waals surface area contributed by atoms with Gasteiger partial charge in [0.1, 0.15) is 11.5 Å². The molecule has 0 aromatic rings. The maximum atomic E-state index is 12.9. The number of thioether (sulfide) groups is 1. The quantitative estimate of drug-likeness (QED) is 0.763. The first-order chi connectivity index (χ1) is 11.4. The van der Waals surface area contributed by atoms with Crippen molar-refractivity contribution in [2.75, 3.05) is 38.4 Å². The van der Waals surface area contributed by atoms with E-state index >= 15 is 0 Å². The molecule has 0 bridgehead atoms. The van der Waals surface area contributed by atoms with Crippen LogP contribution >= 0.6 is 11.8 Å². The number of carboxylic acids is 1. The molecule has 2 amide bonds. The van der Waals surface area contributed by atoms with E-state index in [0.717, 1.165) is 6.42 Å². The van der Waals surface area contributed by atoms with Crippen LogP contribution in [0.15, 0.2) is 0 Å². The number of hydrogen-bond acceptors (Lipinski definition) is 5. The van der Waals surface area contributed by atoms with Gasteiger partial charge in [0.05, 0.1) is 12.5 Å². The number of aliphatic carboxylic acids is 1. The molecule has 0 aliphatic carbocycles. The molecule has 8 heteroatoms. The smallest absolute Gasteiger partial charge is 0.313 e. The van der Waals surface area contributed by atoms with Gasteiger partial charge in [-0.15, -0.1) is 11.8 Å². The van der Waals surface area contributed by atoms with E-state index in [1.807, 2.05) is 6.92 Å². The number of rotatable bonds is 6. The third-order valence-electron chi connectivity index (χ3n) is 4.71. The number of carboxylic acid groups (broad SMARTS) is 1. The van der Waals surface area contributed by atoms with E-state index in [1.165, 1.54) is 7.11 Å². The lowest BCUT2D eigenvalue weighted by Crippen LogP contribution is -2.56. The Bertz CT molecular complexity index is 497. The molecular formula is C16H26N2O5S. The molecule has 2 atom stereocenters. The molecule has 0 aromatic carbocycles. The Morgan fingerprint density at radius 1 is 1.38 bits per heavy atom. The first kappa shape index (κ1) is 19.1. The first-order valence-electron chi connectivity index (χ1n) is 8.33. The second kappa shape index (κ2) is 8.20. The van der Waals surface area contributed by atoms with Crippen LogP contribution in [0.1, 0.15) is 32.6 Å². The van der Waals surface area contributed by atoms with Crippen LogP contribution < -0.4 is 0 Å². The number of piperidine rings is 1. The summed E-state index contributed by atoms with van der Waals surface area (Å²) in [7, 11) is 1.48. The molecule has 7 nitrogen and oxygen atoms in total. The highest BCUT2D eigenvalue weighted by molar-refractivity contribution is 7.99. The number of amides is 2. The normalized spacial score (nSPS) is 27.3. The van der Waals surface area contributed by atoms with Gasteiger partial charge in [-0.2, -0.15) is 0 Å². The number of methoxy groups -OCH3 is 1. The first-order valence-corrected chi connectivity index (χ1v) is 9.49. The third-order valence-corrected chi connectivity index (χ3v) is 5.73. The zero-order valence-electron chi connectivity index (χ0n) is 14.3. The maximum absolute atomic E-state index is 12.9. The summed E-state index contributed by atoms with van der Waals surface area (Å²) in [5, 5.41) is 9.61. The minimum Gasteiger partial charge on any atom is -0.481 e. The minimum atomic E-state index is -1.05. The number of likely N-dealkylation sites (tertiary alicyclic amines) is 1. The average Bonchev–Trinajstić information content (AvgIpc) is 3.04. The van der Waals surface area contributed by atoms with Crippen LogP contribution in [-0.4, -0.2) is 77.2 Å². The molecule has 2 heterocycles. The van der Waals surface area contributed by atoms with Gasteiger partial charge < -0.3 is 19.6 Å². The summed E-state index contributed by atoms with van der Waals surface area (Å²) >= 11 is 1.57. The lowest BCUT2D eigenvalue weighted by molar-refractivity contribution is -0.160. The van der Waals surface area contributed by atoms with Crippen molar-refractivity contribution in [3.05, 3.63) is 0 Å². The van der Waals surface area contributed by atoms with Crippen LogP contribution in [0.2, 0.25) is 0 Å². The highest BCUT2D eigenvalue weighted by atomic mass is 32.2. The molecule has 1 N–H and O–H groups in total. The monoisotopic (exact) mass is 358 g/mol. The lowest BCUT2D eigenvalue weighted by Gasteiger charge is -2.41. The topological polar surface area (TPSA) is 87.2 Å². The van der Waals surface area contributed by atoms with E-state index in [4.69, 9.17) is 4.74 Å². The SMILES string of the molecule is CCCC(=O)N1CSCC1C(=O)N1CCCC(COC)(C(=O)O)C1. The summed E-state index contributed by atoms with van der Waals surface area (Å²) in [5.74, 6) is 0.0482. The summed E-state index contributed by atoms with van der Waals surface area (Å²) in [5.41, 5.74) is -1.05. The van der Waals surface area contributed by atoms with Crippen molar-refractivity contribution in [1.29, 1.82) is 0 Å².